The molecule has 0 saturated heterocycles. The van der Waals surface area contributed by atoms with Crippen molar-refractivity contribution in [2.75, 3.05) is 25.1 Å². The van der Waals surface area contributed by atoms with Crippen LogP contribution in [0.1, 0.15) is 18.9 Å². The van der Waals surface area contributed by atoms with Crippen LogP contribution in [0, 0.1) is 6.92 Å². The average molecular weight is 259 g/mol. The van der Waals surface area contributed by atoms with Gasteiger partial charge in [0.2, 0.25) is 5.13 Å². The van der Waals surface area contributed by atoms with E-state index in [-0.39, 0.29) is 5.91 Å². The lowest BCUT2D eigenvalue weighted by Crippen LogP contribution is -2.28. The number of aromatic nitrogens is 2. The van der Waals surface area contributed by atoms with Crippen LogP contribution >= 0.6 is 11.3 Å². The maximum Gasteiger partial charge on any atom is 0.255 e. The number of carbonyl (C=O) groups is 1. The first-order valence-corrected chi connectivity index (χ1v) is 6.25. The lowest BCUT2D eigenvalue weighted by Gasteiger charge is -2.11. The molecule has 96 valence electrons. The Morgan fingerprint density at radius 1 is 1.47 bits per heavy atom. The highest BCUT2D eigenvalue weighted by molar-refractivity contribution is 7.15. The Kier molecular flexibility index (Phi) is 6.03. The zero-order chi connectivity index (χ0) is 12.7. The van der Waals surface area contributed by atoms with Crippen LogP contribution in [-0.4, -0.2) is 42.0 Å². The fourth-order valence-corrected chi connectivity index (χ4v) is 1.65. The van der Waals surface area contributed by atoms with Crippen LogP contribution in [-0.2, 0) is 14.3 Å². The molecule has 0 aliphatic heterocycles. The van der Waals surface area contributed by atoms with Crippen molar-refractivity contribution >= 4 is 22.4 Å². The summed E-state index contributed by atoms with van der Waals surface area (Å²) in [6.07, 6.45) is -0.528. The van der Waals surface area contributed by atoms with Gasteiger partial charge in [-0.2, -0.15) is 0 Å². The number of anilines is 1. The van der Waals surface area contributed by atoms with Gasteiger partial charge in [-0.1, -0.05) is 11.3 Å². The minimum absolute atomic E-state index is 0.224. The summed E-state index contributed by atoms with van der Waals surface area (Å²) in [5, 5.41) is 11.6. The largest absolute Gasteiger partial charge is 0.379 e. The summed E-state index contributed by atoms with van der Waals surface area (Å²) in [5.41, 5.74) is 0. The molecule has 0 unspecified atom stereocenters. The lowest BCUT2D eigenvalue weighted by atomic mass is 10.4. The molecule has 1 atom stereocenters. The summed E-state index contributed by atoms with van der Waals surface area (Å²) < 4.78 is 10.4. The average Bonchev–Trinajstić information content (AvgIpc) is 2.70. The maximum absolute atomic E-state index is 11.6. The zero-order valence-electron chi connectivity index (χ0n) is 10.2. The minimum atomic E-state index is -0.528. The Labute approximate surface area is 104 Å². The molecule has 0 fully saturated rings. The smallest absolute Gasteiger partial charge is 0.255 e. The molecule has 0 aliphatic carbocycles. The second kappa shape index (κ2) is 7.31. The quantitative estimate of drug-likeness (QED) is 0.745. The molecule has 1 N–H and O–H groups in total. The van der Waals surface area contributed by atoms with E-state index in [1.54, 1.807) is 6.92 Å². The molecule has 1 aromatic rings. The number of ether oxygens (including phenoxy) is 2. The number of nitrogens with zero attached hydrogens (tertiary/aromatic N) is 2. The van der Waals surface area contributed by atoms with Crippen LogP contribution in [0.15, 0.2) is 0 Å². The van der Waals surface area contributed by atoms with Gasteiger partial charge in [0.05, 0.1) is 13.2 Å². The highest BCUT2D eigenvalue weighted by Crippen LogP contribution is 2.13. The molecule has 0 radical (unpaired) electrons. The SMILES string of the molecule is CCOCCO[C@@H](C)C(=O)Nc1nnc(C)s1. The highest BCUT2D eigenvalue weighted by atomic mass is 32.1. The van der Waals surface area contributed by atoms with E-state index >= 15 is 0 Å². The molecule has 0 spiro atoms. The summed E-state index contributed by atoms with van der Waals surface area (Å²) in [4.78, 5) is 11.6. The Morgan fingerprint density at radius 3 is 2.82 bits per heavy atom. The number of nitrogens with one attached hydrogen (secondary N) is 1. The molecule has 1 amide bonds. The summed E-state index contributed by atoms with van der Waals surface area (Å²) in [7, 11) is 0. The summed E-state index contributed by atoms with van der Waals surface area (Å²) in [5.74, 6) is -0.224. The van der Waals surface area contributed by atoms with Gasteiger partial charge in [0.1, 0.15) is 11.1 Å². The van der Waals surface area contributed by atoms with Crippen LogP contribution in [0.4, 0.5) is 5.13 Å². The zero-order valence-corrected chi connectivity index (χ0v) is 11.0. The van der Waals surface area contributed by atoms with Crippen molar-refractivity contribution in [3.63, 3.8) is 0 Å². The number of aryl methyl sites for hydroxylation is 1. The number of amides is 1. The molecule has 0 saturated carbocycles. The maximum atomic E-state index is 11.6. The molecule has 17 heavy (non-hydrogen) atoms. The molecule has 0 aromatic carbocycles. The second-order valence-electron chi connectivity index (χ2n) is 3.33. The first-order valence-electron chi connectivity index (χ1n) is 5.43. The number of rotatable bonds is 7. The normalized spacial score (nSPS) is 12.4. The number of hydrogen-bond acceptors (Lipinski definition) is 6. The van der Waals surface area contributed by atoms with E-state index in [0.717, 1.165) is 5.01 Å². The van der Waals surface area contributed by atoms with Crippen molar-refractivity contribution in [2.24, 2.45) is 0 Å². The van der Waals surface area contributed by atoms with Crippen molar-refractivity contribution in [2.45, 2.75) is 26.9 Å². The van der Waals surface area contributed by atoms with Crippen LogP contribution < -0.4 is 5.32 Å². The molecule has 0 bridgehead atoms. The predicted octanol–water partition coefficient (Wildman–Crippen LogP) is 1.23. The van der Waals surface area contributed by atoms with Gasteiger partial charge in [-0.15, -0.1) is 10.2 Å². The number of carbonyl (C=O) groups excluding carboxylic acids is 1. The van der Waals surface area contributed by atoms with Gasteiger partial charge in [0.25, 0.3) is 5.91 Å². The van der Waals surface area contributed by atoms with E-state index in [1.165, 1.54) is 11.3 Å². The molecule has 0 aliphatic rings. The van der Waals surface area contributed by atoms with Gasteiger partial charge in [-0.25, -0.2) is 0 Å². The van der Waals surface area contributed by atoms with Crippen molar-refractivity contribution in [3.8, 4) is 0 Å². The van der Waals surface area contributed by atoms with Gasteiger partial charge in [-0.3, -0.25) is 10.1 Å². The molecule has 6 nitrogen and oxygen atoms in total. The van der Waals surface area contributed by atoms with E-state index in [0.29, 0.717) is 25.0 Å². The van der Waals surface area contributed by atoms with Gasteiger partial charge >= 0.3 is 0 Å². The summed E-state index contributed by atoms with van der Waals surface area (Å²) >= 11 is 1.33. The molecular weight excluding hydrogens is 242 g/mol. The molecule has 7 heteroatoms. The van der Waals surface area contributed by atoms with E-state index in [9.17, 15) is 4.79 Å². The van der Waals surface area contributed by atoms with Gasteiger partial charge < -0.3 is 9.47 Å². The third kappa shape index (κ3) is 5.20. The molecule has 1 aromatic heterocycles. The van der Waals surface area contributed by atoms with Gasteiger partial charge in [0, 0.05) is 6.61 Å². The fourth-order valence-electron chi connectivity index (χ4n) is 1.06. The lowest BCUT2D eigenvalue weighted by molar-refractivity contribution is -0.127. The van der Waals surface area contributed by atoms with E-state index in [1.807, 2.05) is 13.8 Å². The first-order chi connectivity index (χ1) is 8.13. The minimum Gasteiger partial charge on any atom is -0.379 e. The van der Waals surface area contributed by atoms with Gasteiger partial charge in [-0.05, 0) is 20.8 Å². The Morgan fingerprint density at radius 2 is 2.24 bits per heavy atom. The monoisotopic (exact) mass is 259 g/mol. The topological polar surface area (TPSA) is 73.3 Å². The molecule has 1 heterocycles. The van der Waals surface area contributed by atoms with Crippen LogP contribution in [0.25, 0.3) is 0 Å². The predicted molar refractivity (Wildman–Crippen MR) is 65.2 cm³/mol. The first kappa shape index (κ1) is 14.0. The Hall–Kier alpha value is -1.05. The highest BCUT2D eigenvalue weighted by Gasteiger charge is 2.14. The van der Waals surface area contributed by atoms with E-state index in [2.05, 4.69) is 15.5 Å². The molecular formula is C10H17N3O3S. The van der Waals surface area contributed by atoms with Crippen molar-refractivity contribution in [3.05, 3.63) is 5.01 Å². The summed E-state index contributed by atoms with van der Waals surface area (Å²) in [6, 6.07) is 0. The second-order valence-corrected chi connectivity index (χ2v) is 4.51. The van der Waals surface area contributed by atoms with Gasteiger partial charge in [0.15, 0.2) is 0 Å². The molecule has 1 rings (SSSR count). The van der Waals surface area contributed by atoms with Crippen LogP contribution in [0.3, 0.4) is 0 Å². The third-order valence-corrected chi connectivity index (χ3v) is 2.68. The Balaban J connectivity index is 2.27. The van der Waals surface area contributed by atoms with Crippen LogP contribution in [0.5, 0.6) is 0 Å². The third-order valence-electron chi connectivity index (χ3n) is 1.93. The van der Waals surface area contributed by atoms with Crippen molar-refractivity contribution in [1.29, 1.82) is 0 Å². The fraction of sp³-hybridized carbons (Fsp3) is 0.700. The van der Waals surface area contributed by atoms with Crippen molar-refractivity contribution in [1.82, 2.24) is 10.2 Å². The van der Waals surface area contributed by atoms with Crippen molar-refractivity contribution < 1.29 is 14.3 Å². The standard InChI is InChI=1S/C10H17N3O3S/c1-4-15-5-6-16-7(2)9(14)11-10-13-12-8(3)17-10/h7H,4-6H2,1-3H3,(H,11,13,14)/t7-/m0/s1. The number of hydrogen-bond donors (Lipinski definition) is 1. The van der Waals surface area contributed by atoms with E-state index in [4.69, 9.17) is 9.47 Å². The Bertz CT molecular complexity index is 356. The van der Waals surface area contributed by atoms with Crippen LogP contribution in [0.2, 0.25) is 0 Å². The van der Waals surface area contributed by atoms with E-state index < -0.39 is 6.10 Å². The summed E-state index contributed by atoms with van der Waals surface area (Å²) in [6.45, 7) is 6.97.